The lowest BCUT2D eigenvalue weighted by Crippen LogP contribution is -2.35. The van der Waals surface area contributed by atoms with Crippen molar-refractivity contribution in [2.75, 3.05) is 7.05 Å². The number of benzene rings is 3. The van der Waals surface area contributed by atoms with Crippen molar-refractivity contribution >= 4 is 20.9 Å². The largest absolute Gasteiger partial charge is 0.416 e. The van der Waals surface area contributed by atoms with Crippen LogP contribution in [0.1, 0.15) is 50.7 Å². The molecule has 0 spiro atoms. The maximum Gasteiger partial charge on any atom is 0.416 e. The number of aromatic nitrogens is 2. The summed E-state index contributed by atoms with van der Waals surface area (Å²) in [5.74, 6) is 0.0749. The van der Waals surface area contributed by atoms with Gasteiger partial charge in [0.05, 0.1) is 33.1 Å². The Balaban J connectivity index is 1.84. The van der Waals surface area contributed by atoms with Gasteiger partial charge in [0, 0.05) is 7.05 Å². The molecular formula is C28H28F3N3O3S. The summed E-state index contributed by atoms with van der Waals surface area (Å²) in [7, 11) is -2.63. The van der Waals surface area contributed by atoms with Gasteiger partial charge in [-0.15, -0.1) is 0 Å². The molecule has 0 aliphatic rings. The molecule has 0 N–H and O–H groups in total. The summed E-state index contributed by atoms with van der Waals surface area (Å²) in [6.07, 6.45) is -4.54. The van der Waals surface area contributed by atoms with E-state index < -0.39 is 33.4 Å². The number of hydrogen-bond donors (Lipinski definition) is 0. The minimum Gasteiger partial charge on any atom is -0.268 e. The standard InChI is InChI=1S/C28H28F3N3O3S/c1-18(33(5)38(36,37)22-16-12-19(13-17-22)27(2,3)4)25-32-24-9-7-6-8-23(24)26(35)34(25)21-14-10-20(11-15-21)28(29,30)31/h6-18H,1-5H3. The van der Waals surface area contributed by atoms with Crippen molar-refractivity contribution in [3.8, 4) is 5.69 Å². The molecule has 200 valence electrons. The van der Waals surface area contributed by atoms with E-state index in [-0.39, 0.29) is 27.2 Å². The predicted molar refractivity (Wildman–Crippen MR) is 141 cm³/mol. The van der Waals surface area contributed by atoms with E-state index >= 15 is 0 Å². The van der Waals surface area contributed by atoms with Crippen LogP contribution in [0.15, 0.2) is 82.5 Å². The van der Waals surface area contributed by atoms with Gasteiger partial charge in [-0.2, -0.15) is 17.5 Å². The van der Waals surface area contributed by atoms with Crippen LogP contribution in [0.3, 0.4) is 0 Å². The molecule has 4 aromatic rings. The lowest BCUT2D eigenvalue weighted by atomic mass is 9.87. The Kier molecular flexibility index (Phi) is 7.00. The van der Waals surface area contributed by atoms with Crippen LogP contribution in [-0.2, 0) is 21.6 Å². The molecule has 0 radical (unpaired) electrons. The van der Waals surface area contributed by atoms with Crippen LogP contribution in [-0.4, -0.2) is 29.3 Å². The molecule has 4 rings (SSSR count). The molecule has 0 saturated heterocycles. The van der Waals surface area contributed by atoms with Crippen molar-refractivity contribution in [3.63, 3.8) is 0 Å². The second-order valence-electron chi connectivity index (χ2n) is 10.1. The van der Waals surface area contributed by atoms with Gasteiger partial charge in [0.15, 0.2) is 0 Å². The first-order chi connectivity index (χ1) is 17.6. The van der Waals surface area contributed by atoms with Gasteiger partial charge in [-0.05, 0) is 66.4 Å². The highest BCUT2D eigenvalue weighted by Crippen LogP contribution is 2.31. The monoisotopic (exact) mass is 543 g/mol. The van der Waals surface area contributed by atoms with E-state index in [2.05, 4.69) is 4.98 Å². The van der Waals surface area contributed by atoms with Crippen molar-refractivity contribution in [1.82, 2.24) is 13.9 Å². The van der Waals surface area contributed by atoms with Gasteiger partial charge in [0.1, 0.15) is 5.82 Å². The molecule has 0 saturated carbocycles. The van der Waals surface area contributed by atoms with Gasteiger partial charge in [-0.25, -0.2) is 13.4 Å². The first-order valence-electron chi connectivity index (χ1n) is 11.9. The van der Waals surface area contributed by atoms with E-state index in [1.807, 2.05) is 20.8 Å². The predicted octanol–water partition coefficient (Wildman–Crippen LogP) is 6.08. The highest BCUT2D eigenvalue weighted by atomic mass is 32.2. The fourth-order valence-electron chi connectivity index (χ4n) is 4.14. The number of para-hydroxylation sites is 1. The topological polar surface area (TPSA) is 72.3 Å². The quantitative estimate of drug-likeness (QED) is 0.306. The number of hydrogen-bond acceptors (Lipinski definition) is 4. The van der Waals surface area contributed by atoms with E-state index in [1.54, 1.807) is 43.3 Å². The average Bonchev–Trinajstić information content (AvgIpc) is 2.87. The highest BCUT2D eigenvalue weighted by Gasteiger charge is 2.32. The summed E-state index contributed by atoms with van der Waals surface area (Å²) >= 11 is 0. The molecule has 1 aromatic heterocycles. The van der Waals surface area contributed by atoms with Gasteiger partial charge in [-0.1, -0.05) is 45.0 Å². The van der Waals surface area contributed by atoms with Gasteiger partial charge < -0.3 is 0 Å². The third kappa shape index (κ3) is 5.10. The van der Waals surface area contributed by atoms with Crippen molar-refractivity contribution in [2.24, 2.45) is 0 Å². The lowest BCUT2D eigenvalue weighted by molar-refractivity contribution is -0.137. The van der Waals surface area contributed by atoms with Crippen molar-refractivity contribution in [3.05, 3.63) is 100 Å². The van der Waals surface area contributed by atoms with E-state index in [9.17, 15) is 26.4 Å². The molecule has 1 unspecified atom stereocenters. The van der Waals surface area contributed by atoms with Gasteiger partial charge in [-0.3, -0.25) is 9.36 Å². The van der Waals surface area contributed by atoms with Crippen LogP contribution in [0.4, 0.5) is 13.2 Å². The fourth-order valence-corrected chi connectivity index (χ4v) is 5.47. The fraction of sp³-hybridized carbons (Fsp3) is 0.286. The van der Waals surface area contributed by atoms with Crippen LogP contribution in [0.5, 0.6) is 0 Å². The molecule has 0 fully saturated rings. The molecule has 3 aromatic carbocycles. The van der Waals surface area contributed by atoms with E-state index in [4.69, 9.17) is 0 Å². The smallest absolute Gasteiger partial charge is 0.268 e. The molecule has 10 heteroatoms. The summed E-state index contributed by atoms with van der Waals surface area (Å²) < 4.78 is 68.8. The molecule has 0 aliphatic heterocycles. The molecule has 0 aliphatic carbocycles. The van der Waals surface area contributed by atoms with Gasteiger partial charge in [0.2, 0.25) is 10.0 Å². The van der Waals surface area contributed by atoms with Gasteiger partial charge >= 0.3 is 6.18 Å². The van der Waals surface area contributed by atoms with Crippen LogP contribution in [0.25, 0.3) is 16.6 Å². The first-order valence-corrected chi connectivity index (χ1v) is 13.3. The normalized spacial score (nSPS) is 13.7. The van der Waals surface area contributed by atoms with E-state index in [1.165, 1.54) is 35.9 Å². The highest BCUT2D eigenvalue weighted by molar-refractivity contribution is 7.89. The number of nitrogens with zero attached hydrogens (tertiary/aromatic N) is 3. The number of rotatable bonds is 5. The Morgan fingerprint density at radius 2 is 1.42 bits per heavy atom. The Hall–Kier alpha value is -3.50. The Labute approximate surface area is 219 Å². The number of alkyl halides is 3. The van der Waals surface area contributed by atoms with Gasteiger partial charge in [0.25, 0.3) is 5.56 Å². The minimum atomic E-state index is -4.54. The second-order valence-corrected chi connectivity index (χ2v) is 12.1. The molecule has 0 bridgehead atoms. The molecule has 6 nitrogen and oxygen atoms in total. The van der Waals surface area contributed by atoms with Crippen molar-refractivity contribution in [2.45, 2.75) is 50.2 Å². The first kappa shape index (κ1) is 27.5. The van der Waals surface area contributed by atoms with Crippen molar-refractivity contribution < 1.29 is 21.6 Å². The zero-order valence-electron chi connectivity index (χ0n) is 21.6. The van der Waals surface area contributed by atoms with Crippen molar-refractivity contribution in [1.29, 1.82) is 0 Å². The third-order valence-electron chi connectivity index (χ3n) is 6.57. The maximum absolute atomic E-state index is 13.5. The molecule has 0 amide bonds. The third-order valence-corrected chi connectivity index (χ3v) is 8.51. The van der Waals surface area contributed by atoms with E-state index in [0.717, 1.165) is 22.0 Å². The minimum absolute atomic E-state index is 0.0732. The Morgan fingerprint density at radius 1 is 0.868 bits per heavy atom. The molecule has 1 atom stereocenters. The summed E-state index contributed by atoms with van der Waals surface area (Å²) in [5.41, 5.74) is -0.0758. The molecule has 1 heterocycles. The SMILES string of the molecule is CC(c1nc2ccccc2c(=O)n1-c1ccc(C(F)(F)F)cc1)N(C)S(=O)(=O)c1ccc(C(C)(C)C)cc1. The maximum atomic E-state index is 13.5. The van der Waals surface area contributed by atoms with Crippen LogP contribution in [0, 0.1) is 0 Å². The lowest BCUT2D eigenvalue weighted by Gasteiger charge is -2.27. The van der Waals surface area contributed by atoms with Crippen LogP contribution < -0.4 is 5.56 Å². The summed E-state index contributed by atoms with van der Waals surface area (Å²) in [4.78, 5) is 18.2. The zero-order chi connectivity index (χ0) is 28.0. The Bertz CT molecular complexity index is 1640. The average molecular weight is 544 g/mol. The number of sulfonamides is 1. The molecular weight excluding hydrogens is 515 g/mol. The van der Waals surface area contributed by atoms with Crippen LogP contribution in [0.2, 0.25) is 0 Å². The number of halogens is 3. The van der Waals surface area contributed by atoms with Crippen LogP contribution >= 0.6 is 0 Å². The zero-order valence-corrected chi connectivity index (χ0v) is 22.4. The van der Waals surface area contributed by atoms with E-state index in [0.29, 0.717) is 5.52 Å². The second kappa shape index (κ2) is 9.67. The molecule has 38 heavy (non-hydrogen) atoms. The summed E-state index contributed by atoms with van der Waals surface area (Å²) in [5, 5.41) is 0.256. The summed E-state index contributed by atoms with van der Waals surface area (Å²) in [6.45, 7) is 7.65. The summed E-state index contributed by atoms with van der Waals surface area (Å²) in [6, 6.07) is 16.3. The Morgan fingerprint density at radius 3 is 1.97 bits per heavy atom. The number of fused-ring (bicyclic) bond motifs is 1.